The number of hydrogen-bond donors (Lipinski definition) is 1. The van der Waals surface area contributed by atoms with Gasteiger partial charge in [0.15, 0.2) is 0 Å². The summed E-state index contributed by atoms with van der Waals surface area (Å²) in [6.45, 7) is 0. The molecular weight excluding hydrogens is 358 g/mol. The van der Waals surface area contributed by atoms with Crippen molar-refractivity contribution in [2.45, 2.75) is 0 Å². The van der Waals surface area contributed by atoms with E-state index in [-0.39, 0.29) is 16.9 Å². The number of fused-ring (bicyclic) bond motifs is 1. The van der Waals surface area contributed by atoms with E-state index >= 15 is 0 Å². The highest BCUT2D eigenvalue weighted by Gasteiger charge is 2.14. The number of hydrogen-bond acceptors (Lipinski definition) is 5. The summed E-state index contributed by atoms with van der Waals surface area (Å²) in [6, 6.07) is 18.6. The van der Waals surface area contributed by atoms with Crippen LogP contribution in [0.3, 0.4) is 0 Å². The average Bonchev–Trinajstić information content (AvgIpc) is 2.71. The van der Waals surface area contributed by atoms with Crippen molar-refractivity contribution < 1.29 is 14.5 Å². The molecule has 3 aromatic rings. The SMILES string of the molecule is COc1ccc2ccccc2c1/C=C(\C#N)C(=O)Nc1cccc([N+](=O)[O-])c1. The van der Waals surface area contributed by atoms with Gasteiger partial charge in [-0.05, 0) is 29.0 Å². The van der Waals surface area contributed by atoms with Crippen LogP contribution in [0.25, 0.3) is 16.8 Å². The zero-order chi connectivity index (χ0) is 20.1. The van der Waals surface area contributed by atoms with Gasteiger partial charge in [-0.3, -0.25) is 14.9 Å². The highest BCUT2D eigenvalue weighted by atomic mass is 16.6. The fourth-order valence-electron chi connectivity index (χ4n) is 2.79. The Hall–Kier alpha value is -4.18. The number of methoxy groups -OCH3 is 1. The third-order valence-corrected chi connectivity index (χ3v) is 4.12. The summed E-state index contributed by atoms with van der Waals surface area (Å²) in [5.74, 6) is -0.146. The van der Waals surface area contributed by atoms with Gasteiger partial charge in [0.05, 0.1) is 12.0 Å². The molecule has 0 aliphatic carbocycles. The standard InChI is InChI=1S/C21H15N3O4/c1-28-20-10-9-14-5-2-3-8-18(14)19(20)11-15(13-22)21(25)23-16-6-4-7-17(12-16)24(26)27/h2-12H,1H3,(H,23,25)/b15-11+. The number of nitrogens with one attached hydrogen (secondary N) is 1. The maximum Gasteiger partial charge on any atom is 0.271 e. The van der Waals surface area contributed by atoms with Gasteiger partial charge in [0.2, 0.25) is 0 Å². The van der Waals surface area contributed by atoms with E-state index in [1.165, 1.54) is 37.5 Å². The smallest absolute Gasteiger partial charge is 0.271 e. The third kappa shape index (κ3) is 3.81. The Morgan fingerprint density at radius 2 is 1.96 bits per heavy atom. The van der Waals surface area contributed by atoms with Crippen LogP contribution in [0.2, 0.25) is 0 Å². The van der Waals surface area contributed by atoms with E-state index in [0.29, 0.717) is 11.3 Å². The van der Waals surface area contributed by atoms with Crippen LogP contribution >= 0.6 is 0 Å². The number of nitrogens with zero attached hydrogens (tertiary/aromatic N) is 2. The minimum absolute atomic E-state index is 0.152. The molecule has 0 fully saturated rings. The fourth-order valence-corrected chi connectivity index (χ4v) is 2.79. The van der Waals surface area contributed by atoms with Crippen molar-refractivity contribution in [3.8, 4) is 11.8 Å². The Bertz CT molecular complexity index is 1150. The molecule has 0 radical (unpaired) electrons. The Morgan fingerprint density at radius 3 is 2.68 bits per heavy atom. The Balaban J connectivity index is 2.00. The van der Waals surface area contributed by atoms with Crippen LogP contribution in [-0.4, -0.2) is 17.9 Å². The molecule has 3 aromatic carbocycles. The molecular formula is C21H15N3O4. The lowest BCUT2D eigenvalue weighted by atomic mass is 10.0. The molecule has 0 saturated carbocycles. The van der Waals surface area contributed by atoms with Gasteiger partial charge in [-0.25, -0.2) is 0 Å². The van der Waals surface area contributed by atoms with E-state index in [1.807, 2.05) is 36.4 Å². The van der Waals surface area contributed by atoms with Crippen LogP contribution < -0.4 is 10.1 Å². The molecule has 3 rings (SSSR count). The van der Waals surface area contributed by atoms with E-state index in [4.69, 9.17) is 4.74 Å². The van der Waals surface area contributed by atoms with Crippen LogP contribution in [0.15, 0.2) is 66.2 Å². The lowest BCUT2D eigenvalue weighted by Gasteiger charge is -2.10. The molecule has 0 atom stereocenters. The minimum atomic E-state index is -0.669. The van der Waals surface area contributed by atoms with E-state index in [1.54, 1.807) is 6.07 Å². The van der Waals surface area contributed by atoms with Crippen molar-refractivity contribution in [3.05, 3.63) is 81.9 Å². The molecule has 0 aliphatic heterocycles. The lowest BCUT2D eigenvalue weighted by Crippen LogP contribution is -2.13. The van der Waals surface area contributed by atoms with Crippen LogP contribution in [-0.2, 0) is 4.79 Å². The normalized spacial score (nSPS) is 10.9. The minimum Gasteiger partial charge on any atom is -0.496 e. The second kappa shape index (κ2) is 8.01. The molecule has 0 spiro atoms. The number of carbonyl (C=O) groups excluding carboxylic acids is 1. The van der Waals surface area contributed by atoms with Gasteiger partial charge in [-0.15, -0.1) is 0 Å². The molecule has 1 N–H and O–H groups in total. The lowest BCUT2D eigenvalue weighted by molar-refractivity contribution is -0.384. The largest absolute Gasteiger partial charge is 0.496 e. The molecule has 0 unspecified atom stereocenters. The van der Waals surface area contributed by atoms with Crippen LogP contribution in [0.1, 0.15) is 5.56 Å². The highest BCUT2D eigenvalue weighted by Crippen LogP contribution is 2.30. The van der Waals surface area contributed by atoms with Crippen LogP contribution in [0.4, 0.5) is 11.4 Å². The van der Waals surface area contributed by atoms with Crippen molar-refractivity contribution in [1.29, 1.82) is 5.26 Å². The quantitative estimate of drug-likeness (QED) is 0.311. The highest BCUT2D eigenvalue weighted by molar-refractivity contribution is 6.11. The van der Waals surface area contributed by atoms with Crippen molar-refractivity contribution in [2.75, 3.05) is 12.4 Å². The number of nitriles is 1. The monoisotopic (exact) mass is 373 g/mol. The molecule has 28 heavy (non-hydrogen) atoms. The van der Waals surface area contributed by atoms with Crippen LogP contribution in [0, 0.1) is 21.4 Å². The number of anilines is 1. The first kappa shape index (κ1) is 18.6. The maximum atomic E-state index is 12.6. The van der Waals surface area contributed by atoms with Gasteiger partial charge in [0.25, 0.3) is 11.6 Å². The van der Waals surface area contributed by atoms with E-state index in [2.05, 4.69) is 5.32 Å². The molecule has 0 heterocycles. The number of nitro groups is 1. The molecule has 1 amide bonds. The summed E-state index contributed by atoms with van der Waals surface area (Å²) in [5, 5.41) is 24.7. The predicted octanol–water partition coefficient (Wildman–Crippen LogP) is 4.30. The van der Waals surface area contributed by atoms with Gasteiger partial charge in [0.1, 0.15) is 17.4 Å². The summed E-state index contributed by atoms with van der Waals surface area (Å²) in [6.07, 6.45) is 1.45. The molecule has 0 aromatic heterocycles. The summed E-state index contributed by atoms with van der Waals surface area (Å²) < 4.78 is 5.38. The van der Waals surface area contributed by atoms with Crippen molar-refractivity contribution in [1.82, 2.24) is 0 Å². The number of non-ortho nitro benzene ring substituents is 1. The van der Waals surface area contributed by atoms with E-state index in [0.717, 1.165) is 10.8 Å². The molecule has 7 heteroatoms. The molecule has 138 valence electrons. The second-order valence-corrected chi connectivity index (χ2v) is 5.83. The second-order valence-electron chi connectivity index (χ2n) is 5.83. The topological polar surface area (TPSA) is 105 Å². The average molecular weight is 373 g/mol. The molecule has 7 nitrogen and oxygen atoms in total. The summed E-state index contributed by atoms with van der Waals surface area (Å²) in [4.78, 5) is 22.9. The van der Waals surface area contributed by atoms with E-state index < -0.39 is 10.8 Å². The first-order valence-corrected chi connectivity index (χ1v) is 8.27. The van der Waals surface area contributed by atoms with E-state index in [9.17, 15) is 20.2 Å². The predicted molar refractivity (Wildman–Crippen MR) is 106 cm³/mol. The molecule has 0 saturated heterocycles. The number of benzene rings is 3. The third-order valence-electron chi connectivity index (χ3n) is 4.12. The number of carbonyl (C=O) groups is 1. The Labute approximate surface area is 160 Å². The van der Waals surface area contributed by atoms with Gasteiger partial charge >= 0.3 is 0 Å². The first-order valence-electron chi connectivity index (χ1n) is 8.27. The van der Waals surface area contributed by atoms with Crippen LogP contribution in [0.5, 0.6) is 5.75 Å². The number of amides is 1. The van der Waals surface area contributed by atoms with Gasteiger partial charge < -0.3 is 10.1 Å². The Morgan fingerprint density at radius 1 is 1.18 bits per heavy atom. The number of rotatable bonds is 5. The van der Waals surface area contributed by atoms with Crippen molar-refractivity contribution in [3.63, 3.8) is 0 Å². The summed E-state index contributed by atoms with van der Waals surface area (Å²) >= 11 is 0. The number of nitro benzene ring substituents is 1. The zero-order valence-electron chi connectivity index (χ0n) is 14.9. The zero-order valence-corrected chi connectivity index (χ0v) is 14.9. The van der Waals surface area contributed by atoms with Crippen molar-refractivity contribution in [2.24, 2.45) is 0 Å². The fraction of sp³-hybridized carbons (Fsp3) is 0.0476. The van der Waals surface area contributed by atoms with Crippen molar-refractivity contribution >= 4 is 34.1 Å². The van der Waals surface area contributed by atoms with Gasteiger partial charge in [-0.1, -0.05) is 36.4 Å². The first-order chi connectivity index (χ1) is 13.5. The number of ether oxygens (including phenoxy) is 1. The Kier molecular flexibility index (Phi) is 5.33. The molecule has 0 aliphatic rings. The summed E-state index contributed by atoms with van der Waals surface area (Å²) in [5.41, 5.74) is 0.522. The molecule has 0 bridgehead atoms. The summed E-state index contributed by atoms with van der Waals surface area (Å²) in [7, 11) is 1.51. The maximum absolute atomic E-state index is 12.6. The van der Waals surface area contributed by atoms with Gasteiger partial charge in [-0.2, -0.15) is 5.26 Å². The van der Waals surface area contributed by atoms with Gasteiger partial charge in [0, 0.05) is 23.4 Å².